The van der Waals surface area contributed by atoms with E-state index < -0.39 is 22.7 Å². The van der Waals surface area contributed by atoms with Gasteiger partial charge in [-0.05, 0) is 24.3 Å². The number of aromatic amines is 1. The van der Waals surface area contributed by atoms with Gasteiger partial charge in [-0.1, -0.05) is 35.3 Å². The number of H-pyrrole nitrogens is 1. The summed E-state index contributed by atoms with van der Waals surface area (Å²) < 4.78 is 38.7. The van der Waals surface area contributed by atoms with Crippen LogP contribution in [0.15, 0.2) is 42.6 Å². The van der Waals surface area contributed by atoms with Crippen LogP contribution < -0.4 is 5.32 Å². The number of benzene rings is 2. The molecule has 0 saturated heterocycles. The van der Waals surface area contributed by atoms with Gasteiger partial charge in [-0.15, -0.1) is 0 Å². The summed E-state index contributed by atoms with van der Waals surface area (Å²) in [5.41, 5.74) is -0.268. The molecule has 0 unspecified atom stereocenters. The number of hydrogen-bond acceptors (Lipinski definition) is 1. The molecule has 124 valence electrons. The van der Waals surface area contributed by atoms with Crippen LogP contribution in [0.2, 0.25) is 10.0 Å². The molecule has 1 heterocycles. The first-order valence-electron chi connectivity index (χ1n) is 6.71. The lowest BCUT2D eigenvalue weighted by Gasteiger charge is -2.13. The van der Waals surface area contributed by atoms with Crippen molar-refractivity contribution in [3.05, 3.63) is 63.8 Å². The van der Waals surface area contributed by atoms with Gasteiger partial charge in [-0.3, -0.25) is 4.79 Å². The third kappa shape index (κ3) is 2.95. The summed E-state index contributed by atoms with van der Waals surface area (Å²) in [5.74, 6) is -0.754. The van der Waals surface area contributed by atoms with Gasteiger partial charge in [0.25, 0.3) is 5.91 Å². The Kier molecular flexibility index (Phi) is 4.19. The van der Waals surface area contributed by atoms with Crippen LogP contribution in [0.3, 0.4) is 0 Å². The molecule has 1 amide bonds. The summed E-state index contributed by atoms with van der Waals surface area (Å²) in [6.45, 7) is 0. The van der Waals surface area contributed by atoms with Crippen molar-refractivity contribution >= 4 is 45.7 Å². The van der Waals surface area contributed by atoms with E-state index in [1.54, 1.807) is 24.4 Å². The van der Waals surface area contributed by atoms with Crippen molar-refractivity contribution < 1.29 is 18.0 Å². The molecule has 0 spiro atoms. The van der Waals surface area contributed by atoms with Crippen LogP contribution in [0.25, 0.3) is 10.9 Å². The molecule has 0 bridgehead atoms. The van der Waals surface area contributed by atoms with Gasteiger partial charge in [0.2, 0.25) is 0 Å². The van der Waals surface area contributed by atoms with E-state index in [1.165, 1.54) is 6.07 Å². The Hall–Kier alpha value is -2.18. The molecule has 3 aromatic rings. The van der Waals surface area contributed by atoms with E-state index in [2.05, 4.69) is 10.3 Å². The lowest BCUT2D eigenvalue weighted by Crippen LogP contribution is -2.15. The summed E-state index contributed by atoms with van der Waals surface area (Å²) >= 11 is 11.8. The van der Waals surface area contributed by atoms with Crippen molar-refractivity contribution in [3.63, 3.8) is 0 Å². The molecule has 0 aliphatic heterocycles. The van der Waals surface area contributed by atoms with E-state index in [-0.39, 0.29) is 5.56 Å². The molecule has 2 N–H and O–H groups in total. The molecule has 0 aliphatic carbocycles. The van der Waals surface area contributed by atoms with Gasteiger partial charge in [0, 0.05) is 17.1 Å². The number of carbonyl (C=O) groups excluding carboxylic acids is 1. The Morgan fingerprint density at radius 1 is 1.08 bits per heavy atom. The number of hydrogen-bond donors (Lipinski definition) is 2. The van der Waals surface area contributed by atoms with Crippen molar-refractivity contribution in [3.8, 4) is 0 Å². The first-order chi connectivity index (χ1) is 11.3. The van der Waals surface area contributed by atoms with Crippen molar-refractivity contribution in [2.45, 2.75) is 6.18 Å². The Morgan fingerprint density at radius 2 is 1.79 bits per heavy atom. The third-order valence-corrected chi connectivity index (χ3v) is 4.16. The molecule has 2 aromatic carbocycles. The van der Waals surface area contributed by atoms with Crippen LogP contribution in [-0.4, -0.2) is 10.9 Å². The summed E-state index contributed by atoms with van der Waals surface area (Å²) in [5, 5.41) is 2.86. The molecular weight excluding hydrogens is 364 g/mol. The van der Waals surface area contributed by atoms with E-state index >= 15 is 0 Å². The molecule has 8 heteroatoms. The number of anilines is 1. The monoisotopic (exact) mass is 372 g/mol. The van der Waals surface area contributed by atoms with Crippen LogP contribution in [0.1, 0.15) is 15.9 Å². The smallest absolute Gasteiger partial charge is 0.360 e. The fourth-order valence-electron chi connectivity index (χ4n) is 2.36. The van der Waals surface area contributed by atoms with E-state index in [1.807, 2.05) is 0 Å². The predicted octanol–water partition coefficient (Wildman–Crippen LogP) is 5.75. The Labute approximate surface area is 144 Å². The van der Waals surface area contributed by atoms with Gasteiger partial charge in [-0.2, -0.15) is 13.2 Å². The molecule has 3 nitrogen and oxygen atoms in total. The summed E-state index contributed by atoms with van der Waals surface area (Å²) in [4.78, 5) is 15.3. The lowest BCUT2D eigenvalue weighted by molar-refractivity contribution is -0.137. The Balaban J connectivity index is 2.00. The highest BCUT2D eigenvalue weighted by atomic mass is 35.5. The molecule has 0 aliphatic rings. The van der Waals surface area contributed by atoms with Crippen molar-refractivity contribution in [2.75, 3.05) is 5.32 Å². The van der Waals surface area contributed by atoms with Gasteiger partial charge in [-0.25, -0.2) is 0 Å². The summed E-state index contributed by atoms with van der Waals surface area (Å²) in [7, 11) is 0. The number of aromatic nitrogens is 1. The summed E-state index contributed by atoms with van der Waals surface area (Å²) in [6, 6.07) is 8.22. The normalized spacial score (nSPS) is 11.7. The maximum atomic E-state index is 12.9. The number of halogens is 5. The van der Waals surface area contributed by atoms with E-state index in [4.69, 9.17) is 23.2 Å². The zero-order chi connectivity index (χ0) is 17.5. The Morgan fingerprint density at radius 3 is 2.50 bits per heavy atom. The van der Waals surface area contributed by atoms with E-state index in [0.717, 1.165) is 12.1 Å². The number of fused-ring (bicyclic) bond motifs is 1. The highest BCUT2D eigenvalue weighted by molar-refractivity contribution is 6.37. The first-order valence-corrected chi connectivity index (χ1v) is 7.47. The first kappa shape index (κ1) is 16.7. The van der Waals surface area contributed by atoms with Crippen LogP contribution in [0, 0.1) is 0 Å². The number of amides is 1. The maximum Gasteiger partial charge on any atom is 0.417 e. The minimum absolute atomic E-state index is 0.268. The molecular formula is C16H9Cl2F3N2O. The highest BCUT2D eigenvalue weighted by Crippen LogP contribution is 2.37. The van der Waals surface area contributed by atoms with Gasteiger partial charge < -0.3 is 10.3 Å². The van der Waals surface area contributed by atoms with Crippen molar-refractivity contribution in [2.24, 2.45) is 0 Å². The molecule has 0 fully saturated rings. The number of alkyl halides is 3. The van der Waals surface area contributed by atoms with Gasteiger partial charge >= 0.3 is 6.18 Å². The second-order valence-electron chi connectivity index (χ2n) is 4.98. The van der Waals surface area contributed by atoms with Crippen LogP contribution in [0.5, 0.6) is 0 Å². The van der Waals surface area contributed by atoms with Crippen LogP contribution in [0.4, 0.5) is 18.9 Å². The second kappa shape index (κ2) is 6.03. The van der Waals surface area contributed by atoms with E-state index in [9.17, 15) is 18.0 Å². The van der Waals surface area contributed by atoms with Gasteiger partial charge in [0.15, 0.2) is 0 Å². The SMILES string of the molecule is O=C(Nc1cccc2[nH]cc(Cl)c12)c1cccc(C(F)(F)F)c1Cl. The molecule has 0 atom stereocenters. The average molecular weight is 373 g/mol. The van der Waals surface area contributed by atoms with Crippen molar-refractivity contribution in [1.29, 1.82) is 0 Å². The molecule has 1 aromatic heterocycles. The summed E-state index contributed by atoms with van der Waals surface area (Å²) in [6.07, 6.45) is -3.09. The number of rotatable bonds is 2. The largest absolute Gasteiger partial charge is 0.417 e. The maximum absolute atomic E-state index is 12.9. The number of nitrogens with one attached hydrogen (secondary N) is 2. The lowest BCUT2D eigenvalue weighted by atomic mass is 10.1. The highest BCUT2D eigenvalue weighted by Gasteiger charge is 2.34. The van der Waals surface area contributed by atoms with Crippen LogP contribution in [-0.2, 0) is 6.18 Å². The minimum atomic E-state index is -4.64. The minimum Gasteiger partial charge on any atom is -0.360 e. The zero-order valence-corrected chi connectivity index (χ0v) is 13.4. The standard InChI is InChI=1S/C16H9Cl2F3N2O/c17-10-7-22-11-5-2-6-12(13(10)11)23-15(24)8-3-1-4-9(14(8)18)16(19,20)21/h1-7,22H,(H,23,24). The quantitative estimate of drug-likeness (QED) is 0.591. The zero-order valence-electron chi connectivity index (χ0n) is 11.8. The van der Waals surface area contributed by atoms with Gasteiger partial charge in [0.1, 0.15) is 0 Å². The Bertz CT molecular complexity index is 935. The fraction of sp³-hybridized carbons (Fsp3) is 0.0625. The predicted molar refractivity (Wildman–Crippen MR) is 87.7 cm³/mol. The third-order valence-electron chi connectivity index (χ3n) is 3.45. The van der Waals surface area contributed by atoms with E-state index in [0.29, 0.717) is 21.6 Å². The van der Waals surface area contributed by atoms with Crippen LogP contribution >= 0.6 is 23.2 Å². The molecule has 0 saturated carbocycles. The van der Waals surface area contributed by atoms with Crippen molar-refractivity contribution in [1.82, 2.24) is 4.98 Å². The molecule has 3 rings (SSSR count). The number of carbonyl (C=O) groups is 1. The molecule has 24 heavy (non-hydrogen) atoms. The van der Waals surface area contributed by atoms with Gasteiger partial charge in [0.05, 0.1) is 26.9 Å². The fourth-order valence-corrected chi connectivity index (χ4v) is 2.94. The molecule has 0 radical (unpaired) electrons. The second-order valence-corrected chi connectivity index (χ2v) is 5.77. The average Bonchev–Trinajstić information content (AvgIpc) is 2.89. The topological polar surface area (TPSA) is 44.9 Å².